The summed E-state index contributed by atoms with van der Waals surface area (Å²) in [5.74, 6) is -0.506. The van der Waals surface area contributed by atoms with E-state index in [4.69, 9.17) is 4.74 Å². The first-order chi connectivity index (χ1) is 14.1. The van der Waals surface area contributed by atoms with Crippen LogP contribution in [0.2, 0.25) is 0 Å². The Morgan fingerprint density at radius 2 is 1.97 bits per heavy atom. The molecular weight excluding hydrogens is 371 g/mol. The van der Waals surface area contributed by atoms with E-state index in [1.165, 1.54) is 24.4 Å². The first-order valence-electron chi connectivity index (χ1n) is 9.23. The number of nitrogens with zero attached hydrogens (tertiary/aromatic N) is 3. The average molecular weight is 390 g/mol. The minimum absolute atomic E-state index is 0.283. The molecule has 0 saturated carbocycles. The highest BCUT2D eigenvalue weighted by Crippen LogP contribution is 2.26. The van der Waals surface area contributed by atoms with Gasteiger partial charge in [0.2, 0.25) is 0 Å². The first-order valence-corrected chi connectivity index (χ1v) is 9.23. The Morgan fingerprint density at radius 3 is 2.76 bits per heavy atom. The molecule has 0 saturated heterocycles. The van der Waals surface area contributed by atoms with Crippen LogP contribution in [0.5, 0.6) is 5.75 Å². The Kier molecular flexibility index (Phi) is 5.20. The molecule has 2 aromatic heterocycles. The maximum absolute atomic E-state index is 13.5. The molecule has 146 valence electrons. The second-order valence-electron chi connectivity index (χ2n) is 6.45. The predicted octanol–water partition coefficient (Wildman–Crippen LogP) is 4.27. The van der Waals surface area contributed by atoms with Crippen molar-refractivity contribution >= 4 is 22.6 Å². The van der Waals surface area contributed by atoms with Gasteiger partial charge in [-0.1, -0.05) is 30.3 Å². The van der Waals surface area contributed by atoms with Crippen LogP contribution in [0.15, 0.2) is 67.0 Å². The summed E-state index contributed by atoms with van der Waals surface area (Å²) in [5, 5.41) is 7.90. The van der Waals surface area contributed by atoms with Crippen LogP contribution in [-0.2, 0) is 6.54 Å². The largest absolute Gasteiger partial charge is 0.492 e. The molecule has 4 rings (SSSR count). The van der Waals surface area contributed by atoms with Crippen molar-refractivity contribution in [1.82, 2.24) is 14.8 Å². The Bertz CT molecular complexity index is 1160. The molecule has 0 radical (unpaired) electrons. The summed E-state index contributed by atoms with van der Waals surface area (Å²) >= 11 is 0. The molecule has 2 heterocycles. The van der Waals surface area contributed by atoms with Gasteiger partial charge in [-0.05, 0) is 30.7 Å². The Balaban J connectivity index is 1.56. The van der Waals surface area contributed by atoms with Crippen LogP contribution >= 0.6 is 0 Å². The SMILES string of the molecule is CCOc1cc(F)ccc1NC(=O)c1cnc2c(cnn2Cc2ccccc2)c1. The summed E-state index contributed by atoms with van der Waals surface area (Å²) in [6, 6.07) is 15.7. The lowest BCUT2D eigenvalue weighted by Gasteiger charge is -2.11. The highest BCUT2D eigenvalue weighted by molar-refractivity contribution is 6.06. The van der Waals surface area contributed by atoms with Crippen molar-refractivity contribution < 1.29 is 13.9 Å². The van der Waals surface area contributed by atoms with Crippen molar-refractivity contribution in [3.63, 3.8) is 0 Å². The molecule has 7 heteroatoms. The van der Waals surface area contributed by atoms with Gasteiger partial charge in [0, 0.05) is 17.6 Å². The molecule has 2 aromatic carbocycles. The summed E-state index contributed by atoms with van der Waals surface area (Å²) in [4.78, 5) is 17.1. The van der Waals surface area contributed by atoms with Crippen molar-refractivity contribution in [3.8, 4) is 5.75 Å². The number of halogens is 1. The highest BCUT2D eigenvalue weighted by Gasteiger charge is 2.14. The van der Waals surface area contributed by atoms with Crippen LogP contribution in [0, 0.1) is 5.82 Å². The van der Waals surface area contributed by atoms with E-state index in [1.807, 2.05) is 30.3 Å². The van der Waals surface area contributed by atoms with E-state index in [-0.39, 0.29) is 11.7 Å². The third-order valence-electron chi connectivity index (χ3n) is 4.40. The third kappa shape index (κ3) is 4.08. The molecule has 0 unspecified atom stereocenters. The van der Waals surface area contributed by atoms with Gasteiger partial charge in [-0.3, -0.25) is 4.79 Å². The number of fused-ring (bicyclic) bond motifs is 1. The number of anilines is 1. The number of carbonyl (C=O) groups is 1. The lowest BCUT2D eigenvalue weighted by Crippen LogP contribution is -2.13. The van der Waals surface area contributed by atoms with Gasteiger partial charge >= 0.3 is 0 Å². The standard InChI is InChI=1S/C22H19FN4O2/c1-2-29-20-11-18(23)8-9-19(20)26-22(28)17-10-16-13-25-27(21(16)24-12-17)14-15-6-4-3-5-7-15/h3-13H,2,14H2,1H3,(H,26,28). The second kappa shape index (κ2) is 8.10. The molecule has 0 bridgehead atoms. The fraction of sp³-hybridized carbons (Fsp3) is 0.136. The zero-order valence-electron chi connectivity index (χ0n) is 15.8. The third-order valence-corrected chi connectivity index (χ3v) is 4.40. The van der Waals surface area contributed by atoms with Crippen LogP contribution in [0.25, 0.3) is 11.0 Å². The molecule has 29 heavy (non-hydrogen) atoms. The van der Waals surface area contributed by atoms with Gasteiger partial charge in [0.1, 0.15) is 11.6 Å². The van der Waals surface area contributed by atoms with E-state index in [0.717, 1.165) is 10.9 Å². The maximum atomic E-state index is 13.5. The Labute approximate surface area is 167 Å². The zero-order chi connectivity index (χ0) is 20.2. The number of hydrogen-bond acceptors (Lipinski definition) is 4. The van der Waals surface area contributed by atoms with Gasteiger partial charge in [0.25, 0.3) is 5.91 Å². The van der Waals surface area contributed by atoms with Crippen molar-refractivity contribution in [1.29, 1.82) is 0 Å². The Morgan fingerprint density at radius 1 is 1.14 bits per heavy atom. The minimum Gasteiger partial charge on any atom is -0.492 e. The molecule has 1 N–H and O–H groups in total. The van der Waals surface area contributed by atoms with Gasteiger partial charge in [0.15, 0.2) is 5.65 Å². The van der Waals surface area contributed by atoms with Crippen molar-refractivity contribution in [2.45, 2.75) is 13.5 Å². The van der Waals surface area contributed by atoms with E-state index in [9.17, 15) is 9.18 Å². The van der Waals surface area contributed by atoms with Crippen LogP contribution in [-0.4, -0.2) is 27.3 Å². The number of ether oxygens (including phenoxy) is 1. The lowest BCUT2D eigenvalue weighted by molar-refractivity contribution is 0.102. The van der Waals surface area contributed by atoms with Crippen molar-refractivity contribution in [2.24, 2.45) is 0 Å². The van der Waals surface area contributed by atoms with Gasteiger partial charge < -0.3 is 10.1 Å². The normalized spacial score (nSPS) is 10.8. The summed E-state index contributed by atoms with van der Waals surface area (Å²) in [5.41, 5.74) is 2.59. The molecule has 6 nitrogen and oxygen atoms in total. The molecule has 0 aliphatic carbocycles. The van der Waals surface area contributed by atoms with Gasteiger partial charge in [-0.15, -0.1) is 0 Å². The van der Waals surface area contributed by atoms with Crippen LogP contribution in [0.1, 0.15) is 22.8 Å². The number of carbonyl (C=O) groups excluding carboxylic acids is 1. The average Bonchev–Trinajstić information content (AvgIpc) is 3.13. The van der Waals surface area contributed by atoms with E-state index >= 15 is 0 Å². The predicted molar refractivity (Wildman–Crippen MR) is 109 cm³/mol. The number of pyridine rings is 1. The summed E-state index contributed by atoms with van der Waals surface area (Å²) in [6.07, 6.45) is 3.19. The van der Waals surface area contributed by atoms with Gasteiger partial charge in [-0.25, -0.2) is 14.1 Å². The van der Waals surface area contributed by atoms with Gasteiger partial charge in [0.05, 0.1) is 30.6 Å². The smallest absolute Gasteiger partial charge is 0.257 e. The number of amides is 1. The Hall–Kier alpha value is -3.74. The molecule has 0 fully saturated rings. The number of benzene rings is 2. The fourth-order valence-electron chi connectivity index (χ4n) is 3.04. The lowest BCUT2D eigenvalue weighted by atomic mass is 10.2. The topological polar surface area (TPSA) is 69.0 Å². The molecule has 1 amide bonds. The van der Waals surface area contributed by atoms with Crippen molar-refractivity contribution in [3.05, 3.63) is 83.9 Å². The van der Waals surface area contributed by atoms with Crippen molar-refractivity contribution in [2.75, 3.05) is 11.9 Å². The number of hydrogen-bond donors (Lipinski definition) is 1. The summed E-state index contributed by atoms with van der Waals surface area (Å²) in [6.45, 7) is 2.75. The zero-order valence-corrected chi connectivity index (χ0v) is 15.8. The van der Waals surface area contributed by atoms with Gasteiger partial charge in [-0.2, -0.15) is 5.10 Å². The molecule has 0 aliphatic heterocycles. The van der Waals surface area contributed by atoms with E-state index in [1.54, 1.807) is 23.9 Å². The maximum Gasteiger partial charge on any atom is 0.257 e. The molecule has 4 aromatic rings. The van der Waals surface area contributed by atoms with Crippen LogP contribution in [0.4, 0.5) is 10.1 Å². The van der Waals surface area contributed by atoms with Crippen LogP contribution in [0.3, 0.4) is 0 Å². The highest BCUT2D eigenvalue weighted by atomic mass is 19.1. The first kappa shape index (κ1) is 18.6. The summed E-state index contributed by atoms with van der Waals surface area (Å²) < 4.78 is 20.6. The van der Waals surface area contributed by atoms with Crippen LogP contribution < -0.4 is 10.1 Å². The molecule has 0 spiro atoms. The van der Waals surface area contributed by atoms with E-state index in [0.29, 0.717) is 30.0 Å². The minimum atomic E-state index is -0.430. The van der Waals surface area contributed by atoms with E-state index in [2.05, 4.69) is 15.4 Å². The molecule has 0 atom stereocenters. The number of nitrogens with one attached hydrogen (secondary N) is 1. The number of aromatic nitrogens is 3. The number of rotatable bonds is 6. The molecular formula is C22H19FN4O2. The molecule has 0 aliphatic rings. The fourth-order valence-corrected chi connectivity index (χ4v) is 3.04. The quantitative estimate of drug-likeness (QED) is 0.534. The monoisotopic (exact) mass is 390 g/mol. The second-order valence-corrected chi connectivity index (χ2v) is 6.45. The van der Waals surface area contributed by atoms with E-state index < -0.39 is 5.82 Å². The summed E-state index contributed by atoms with van der Waals surface area (Å²) in [7, 11) is 0.